The van der Waals surface area contributed by atoms with Crippen molar-refractivity contribution < 1.29 is 23.5 Å². The number of halogens is 2. The Morgan fingerprint density at radius 3 is 2.38 bits per heavy atom. The topological polar surface area (TPSA) is 89.3 Å². The molecule has 0 aliphatic carbocycles. The van der Waals surface area contributed by atoms with Crippen molar-refractivity contribution in [2.24, 2.45) is 0 Å². The van der Waals surface area contributed by atoms with Gasteiger partial charge in [0.25, 0.3) is 11.8 Å². The molecule has 2 N–H and O–H groups in total. The van der Waals surface area contributed by atoms with Crippen LogP contribution in [0.4, 0.5) is 14.5 Å². The van der Waals surface area contributed by atoms with Crippen LogP contribution in [0.1, 0.15) is 46.2 Å². The van der Waals surface area contributed by atoms with Crippen LogP contribution in [0.3, 0.4) is 0 Å². The molecule has 0 fully saturated rings. The number of carbonyl (C=O) groups is 1. The summed E-state index contributed by atoms with van der Waals surface area (Å²) < 4.78 is 34.4. The van der Waals surface area contributed by atoms with Gasteiger partial charge in [-0.05, 0) is 56.2 Å². The molecule has 1 amide bonds. The van der Waals surface area contributed by atoms with Gasteiger partial charge in [0.1, 0.15) is 17.1 Å². The van der Waals surface area contributed by atoms with Gasteiger partial charge in [-0.25, -0.2) is 18.7 Å². The van der Waals surface area contributed by atoms with Gasteiger partial charge in [0, 0.05) is 23.2 Å². The first-order valence-corrected chi connectivity index (χ1v) is 11.8. The van der Waals surface area contributed by atoms with Gasteiger partial charge in [-0.3, -0.25) is 4.79 Å². The maximum atomic E-state index is 14.1. The number of alkyl halides is 2. The van der Waals surface area contributed by atoms with Gasteiger partial charge in [-0.15, -0.1) is 0 Å². The number of nitrogens with zero attached hydrogens (tertiary/aromatic N) is 3. The maximum absolute atomic E-state index is 14.1. The third kappa shape index (κ3) is 4.89. The fourth-order valence-corrected chi connectivity index (χ4v) is 4.27. The Balaban J connectivity index is 1.72. The van der Waals surface area contributed by atoms with Crippen molar-refractivity contribution >= 4 is 11.6 Å². The molecule has 192 valence electrons. The van der Waals surface area contributed by atoms with Gasteiger partial charge >= 0.3 is 0 Å². The highest BCUT2D eigenvalue weighted by atomic mass is 19.3. The van der Waals surface area contributed by atoms with E-state index in [1.165, 1.54) is 31.2 Å². The molecule has 4 rings (SSSR count). The van der Waals surface area contributed by atoms with E-state index in [4.69, 9.17) is 9.72 Å². The Morgan fingerprint density at radius 1 is 1.05 bits per heavy atom. The van der Waals surface area contributed by atoms with E-state index in [9.17, 15) is 18.8 Å². The first-order valence-electron chi connectivity index (χ1n) is 11.8. The van der Waals surface area contributed by atoms with E-state index in [2.05, 4.69) is 10.3 Å². The average Bonchev–Trinajstić information content (AvgIpc) is 3.17. The molecular weight excluding hydrogens is 478 g/mol. The van der Waals surface area contributed by atoms with Crippen LogP contribution in [0.15, 0.2) is 54.6 Å². The largest absolute Gasteiger partial charge is 0.494 e. The normalized spacial score (nSPS) is 11.4. The summed E-state index contributed by atoms with van der Waals surface area (Å²) in [4.78, 5) is 22.2. The number of rotatable bonds is 7. The number of anilines is 1. The van der Waals surface area contributed by atoms with Crippen molar-refractivity contribution in [2.75, 3.05) is 12.4 Å². The minimum Gasteiger partial charge on any atom is -0.494 e. The van der Waals surface area contributed by atoms with E-state index >= 15 is 0 Å². The molecule has 37 heavy (non-hydrogen) atoms. The van der Waals surface area contributed by atoms with E-state index in [-0.39, 0.29) is 34.9 Å². The highest BCUT2D eigenvalue weighted by Crippen LogP contribution is 2.35. The predicted molar refractivity (Wildman–Crippen MR) is 137 cm³/mol. The summed E-state index contributed by atoms with van der Waals surface area (Å²) in [6, 6.07) is 14.7. The first kappa shape index (κ1) is 25.8. The van der Waals surface area contributed by atoms with Crippen molar-refractivity contribution in [1.82, 2.24) is 14.7 Å². The number of benzene rings is 2. The lowest BCUT2D eigenvalue weighted by molar-refractivity contribution is -0.00824. The second-order valence-corrected chi connectivity index (χ2v) is 8.79. The molecule has 0 atom stereocenters. The molecule has 4 aromatic rings. The van der Waals surface area contributed by atoms with E-state index in [0.717, 1.165) is 16.7 Å². The van der Waals surface area contributed by atoms with Crippen LogP contribution < -0.4 is 10.1 Å². The molecule has 0 bridgehead atoms. The van der Waals surface area contributed by atoms with Crippen LogP contribution in [0.5, 0.6) is 5.75 Å². The van der Waals surface area contributed by atoms with Gasteiger partial charge in [0.05, 0.1) is 12.8 Å². The summed E-state index contributed by atoms with van der Waals surface area (Å²) in [6.45, 7) is 6.91. The Kier molecular flexibility index (Phi) is 6.98. The maximum Gasteiger partial charge on any atom is 0.277 e. The molecule has 0 saturated carbocycles. The van der Waals surface area contributed by atoms with E-state index in [0.29, 0.717) is 21.9 Å². The SMILES string of the molecule is CCC(F)(F)c1cccc(NC(=O)c2c(C)nc(-c3ccc(OC)c(-c4c(C)cccc4C)n3)n2O)c1. The van der Waals surface area contributed by atoms with Crippen LogP contribution in [-0.2, 0) is 5.92 Å². The first-order chi connectivity index (χ1) is 17.6. The lowest BCUT2D eigenvalue weighted by Crippen LogP contribution is -2.18. The zero-order valence-electron chi connectivity index (χ0n) is 21.3. The van der Waals surface area contributed by atoms with Crippen LogP contribution in [0.25, 0.3) is 22.8 Å². The van der Waals surface area contributed by atoms with E-state index < -0.39 is 11.8 Å². The number of pyridine rings is 1. The van der Waals surface area contributed by atoms with Crippen LogP contribution in [0.2, 0.25) is 0 Å². The number of imidazole rings is 1. The summed E-state index contributed by atoms with van der Waals surface area (Å²) >= 11 is 0. The number of amides is 1. The summed E-state index contributed by atoms with van der Waals surface area (Å²) in [5, 5.41) is 13.5. The van der Waals surface area contributed by atoms with Gasteiger partial charge in [0.15, 0.2) is 11.5 Å². The number of methoxy groups -OCH3 is 1. The highest BCUT2D eigenvalue weighted by molar-refractivity contribution is 6.04. The third-order valence-corrected chi connectivity index (χ3v) is 6.26. The van der Waals surface area contributed by atoms with Crippen molar-refractivity contribution in [3.8, 4) is 28.5 Å². The summed E-state index contributed by atoms with van der Waals surface area (Å²) in [5.41, 5.74) is 3.90. The van der Waals surface area contributed by atoms with E-state index in [1.54, 1.807) is 26.2 Å². The van der Waals surface area contributed by atoms with Gasteiger partial charge in [0.2, 0.25) is 0 Å². The lowest BCUT2D eigenvalue weighted by Gasteiger charge is -2.15. The average molecular weight is 507 g/mol. The number of aromatic nitrogens is 3. The molecule has 0 spiro atoms. The molecule has 0 unspecified atom stereocenters. The molecule has 0 radical (unpaired) electrons. The Labute approximate surface area is 213 Å². The number of carbonyl (C=O) groups excluding carboxylic acids is 1. The minimum atomic E-state index is -3.02. The fourth-order valence-electron chi connectivity index (χ4n) is 4.27. The number of nitrogens with one attached hydrogen (secondary N) is 1. The van der Waals surface area contributed by atoms with Crippen LogP contribution >= 0.6 is 0 Å². The van der Waals surface area contributed by atoms with Crippen molar-refractivity contribution in [3.05, 3.63) is 82.7 Å². The molecule has 0 saturated heterocycles. The van der Waals surface area contributed by atoms with Gasteiger partial charge in [-0.1, -0.05) is 37.3 Å². The summed E-state index contributed by atoms with van der Waals surface area (Å²) in [6.07, 6.45) is -0.366. The molecule has 2 heterocycles. The zero-order valence-corrected chi connectivity index (χ0v) is 21.3. The van der Waals surface area contributed by atoms with Crippen LogP contribution in [-0.4, -0.2) is 32.9 Å². The fraction of sp³-hybridized carbons (Fsp3) is 0.250. The molecule has 2 aromatic carbocycles. The standard InChI is InChI=1S/C28H28F2N4O3/c1-6-28(29,30)19-11-8-12-20(15-19)32-27(35)25-18(4)31-26(34(25)36)21-13-14-22(37-5)24(33-21)23-16(2)9-7-10-17(23)3/h7-15,36H,6H2,1-5H3,(H,32,35). The molecule has 0 aliphatic rings. The summed E-state index contributed by atoms with van der Waals surface area (Å²) in [7, 11) is 1.55. The lowest BCUT2D eigenvalue weighted by atomic mass is 9.99. The second-order valence-electron chi connectivity index (χ2n) is 8.79. The molecule has 2 aromatic heterocycles. The van der Waals surface area contributed by atoms with E-state index in [1.807, 2.05) is 32.0 Å². The van der Waals surface area contributed by atoms with Crippen LogP contribution in [0, 0.1) is 20.8 Å². The number of hydrogen-bond acceptors (Lipinski definition) is 5. The number of ether oxygens (including phenoxy) is 1. The number of hydrogen-bond donors (Lipinski definition) is 2. The summed E-state index contributed by atoms with van der Waals surface area (Å²) in [5.74, 6) is -3.10. The number of aryl methyl sites for hydroxylation is 3. The van der Waals surface area contributed by atoms with Crippen molar-refractivity contribution in [3.63, 3.8) is 0 Å². The molecular formula is C28H28F2N4O3. The molecule has 9 heteroatoms. The monoisotopic (exact) mass is 506 g/mol. The van der Waals surface area contributed by atoms with Gasteiger partial charge < -0.3 is 15.3 Å². The minimum absolute atomic E-state index is 0.0593. The highest BCUT2D eigenvalue weighted by Gasteiger charge is 2.29. The Morgan fingerprint density at radius 2 is 1.73 bits per heavy atom. The Bertz CT molecular complexity index is 1460. The van der Waals surface area contributed by atoms with Gasteiger partial charge in [-0.2, -0.15) is 4.73 Å². The second kappa shape index (κ2) is 10.0. The zero-order chi connectivity index (χ0) is 26.9. The Hall–Kier alpha value is -4.27. The van der Waals surface area contributed by atoms with Crippen molar-refractivity contribution in [1.29, 1.82) is 0 Å². The molecule has 0 aliphatic heterocycles. The quantitative estimate of drug-likeness (QED) is 0.278. The third-order valence-electron chi connectivity index (χ3n) is 6.26. The predicted octanol–water partition coefficient (Wildman–Crippen LogP) is 6.54. The molecule has 7 nitrogen and oxygen atoms in total. The van der Waals surface area contributed by atoms with Crippen molar-refractivity contribution in [2.45, 2.75) is 40.0 Å². The smallest absolute Gasteiger partial charge is 0.277 e.